The lowest BCUT2D eigenvalue weighted by molar-refractivity contribution is 0.0523. The maximum Gasteiger partial charge on any atom is 0.407 e. The molecular formula is C9H14BrN3O2. The molecule has 0 aromatic carbocycles. The van der Waals surface area contributed by atoms with Crippen LogP contribution in [0.3, 0.4) is 0 Å². The number of ether oxygens (including phenoxy) is 1. The summed E-state index contributed by atoms with van der Waals surface area (Å²) in [5.74, 6) is 0. The van der Waals surface area contributed by atoms with Crippen molar-refractivity contribution in [2.45, 2.75) is 32.9 Å². The third-order valence-corrected chi connectivity index (χ3v) is 2.16. The Hall–Kier alpha value is -1.04. The number of amides is 1. The fourth-order valence-corrected chi connectivity index (χ4v) is 1.23. The number of hydrogen-bond acceptors (Lipinski definition) is 3. The monoisotopic (exact) mass is 275 g/mol. The molecule has 0 spiro atoms. The van der Waals surface area contributed by atoms with Crippen molar-refractivity contribution in [2.75, 3.05) is 0 Å². The largest absolute Gasteiger partial charge is 0.444 e. The lowest BCUT2D eigenvalue weighted by Crippen LogP contribution is -2.32. The SMILES string of the molecule is CC(C)(C)OC(=O)NCc1[nH]ncc1Br. The molecule has 2 N–H and O–H groups in total. The van der Waals surface area contributed by atoms with Crippen LogP contribution in [0.25, 0.3) is 0 Å². The lowest BCUT2D eigenvalue weighted by atomic mass is 10.2. The zero-order valence-corrected chi connectivity index (χ0v) is 10.5. The van der Waals surface area contributed by atoms with Crippen molar-refractivity contribution in [3.8, 4) is 0 Å². The molecule has 0 bridgehead atoms. The van der Waals surface area contributed by atoms with Gasteiger partial charge in [0.2, 0.25) is 0 Å². The van der Waals surface area contributed by atoms with E-state index >= 15 is 0 Å². The highest BCUT2D eigenvalue weighted by Crippen LogP contribution is 2.12. The molecule has 0 atom stereocenters. The Labute approximate surface area is 96.7 Å². The molecule has 0 aliphatic rings. The quantitative estimate of drug-likeness (QED) is 0.870. The Morgan fingerprint density at radius 1 is 1.67 bits per heavy atom. The summed E-state index contributed by atoms with van der Waals surface area (Å²) in [6.07, 6.45) is 1.19. The first kappa shape index (κ1) is 12.0. The number of aromatic nitrogens is 2. The number of carbonyl (C=O) groups is 1. The molecule has 1 aromatic heterocycles. The van der Waals surface area contributed by atoms with E-state index in [2.05, 4.69) is 31.4 Å². The van der Waals surface area contributed by atoms with Gasteiger partial charge >= 0.3 is 6.09 Å². The van der Waals surface area contributed by atoms with Crippen LogP contribution >= 0.6 is 15.9 Å². The van der Waals surface area contributed by atoms with Crippen LogP contribution in [0.5, 0.6) is 0 Å². The second kappa shape index (κ2) is 4.65. The minimum absolute atomic E-state index is 0.357. The van der Waals surface area contributed by atoms with Crippen molar-refractivity contribution in [3.63, 3.8) is 0 Å². The summed E-state index contributed by atoms with van der Waals surface area (Å²) < 4.78 is 5.91. The van der Waals surface area contributed by atoms with E-state index in [-0.39, 0.29) is 0 Å². The molecule has 0 saturated heterocycles. The predicted molar refractivity (Wildman–Crippen MR) is 59.4 cm³/mol. The highest BCUT2D eigenvalue weighted by molar-refractivity contribution is 9.10. The van der Waals surface area contributed by atoms with E-state index in [9.17, 15) is 4.79 Å². The van der Waals surface area contributed by atoms with Crippen LogP contribution in [0.2, 0.25) is 0 Å². The summed E-state index contributed by atoms with van der Waals surface area (Å²) in [6.45, 7) is 5.81. The lowest BCUT2D eigenvalue weighted by Gasteiger charge is -2.19. The zero-order valence-electron chi connectivity index (χ0n) is 8.93. The van der Waals surface area contributed by atoms with Crippen LogP contribution in [0.4, 0.5) is 4.79 Å². The van der Waals surface area contributed by atoms with Gasteiger partial charge in [0.05, 0.1) is 22.9 Å². The molecule has 0 radical (unpaired) electrons. The van der Waals surface area contributed by atoms with E-state index < -0.39 is 11.7 Å². The summed E-state index contributed by atoms with van der Waals surface area (Å²) in [6, 6.07) is 0. The maximum absolute atomic E-state index is 11.3. The Kier molecular flexibility index (Phi) is 3.73. The van der Waals surface area contributed by atoms with Crippen molar-refractivity contribution in [3.05, 3.63) is 16.4 Å². The van der Waals surface area contributed by atoms with Gasteiger partial charge in [-0.25, -0.2) is 4.79 Å². The number of aromatic amines is 1. The van der Waals surface area contributed by atoms with Crippen molar-refractivity contribution in [1.29, 1.82) is 0 Å². The normalized spacial score (nSPS) is 11.2. The fourth-order valence-electron chi connectivity index (χ4n) is 0.897. The predicted octanol–water partition coefficient (Wildman–Crippen LogP) is 2.20. The van der Waals surface area contributed by atoms with Crippen molar-refractivity contribution < 1.29 is 9.53 Å². The maximum atomic E-state index is 11.3. The van der Waals surface area contributed by atoms with E-state index in [1.165, 1.54) is 0 Å². The molecule has 6 heteroatoms. The minimum atomic E-state index is -0.477. The summed E-state index contributed by atoms with van der Waals surface area (Å²) in [5, 5.41) is 9.19. The first-order chi connectivity index (χ1) is 6.88. The number of nitrogens with one attached hydrogen (secondary N) is 2. The summed E-state index contributed by atoms with van der Waals surface area (Å²) in [5.41, 5.74) is 0.329. The molecule has 0 unspecified atom stereocenters. The average molecular weight is 276 g/mol. The van der Waals surface area contributed by atoms with Crippen molar-refractivity contribution in [2.24, 2.45) is 0 Å². The molecule has 1 heterocycles. The fraction of sp³-hybridized carbons (Fsp3) is 0.556. The number of nitrogens with zero attached hydrogens (tertiary/aromatic N) is 1. The van der Waals surface area contributed by atoms with Crippen LogP contribution in [0, 0.1) is 0 Å². The van der Waals surface area contributed by atoms with Gasteiger partial charge in [-0.3, -0.25) is 5.10 Å². The molecule has 1 aromatic rings. The number of hydrogen-bond donors (Lipinski definition) is 2. The molecule has 0 saturated carbocycles. The standard InChI is InChI=1S/C9H14BrN3O2/c1-9(2,3)15-8(14)11-5-7-6(10)4-12-13-7/h4H,5H2,1-3H3,(H,11,14)(H,12,13). The number of rotatable bonds is 2. The smallest absolute Gasteiger partial charge is 0.407 e. The van der Waals surface area contributed by atoms with E-state index in [0.717, 1.165) is 10.2 Å². The molecule has 15 heavy (non-hydrogen) atoms. The Balaban J connectivity index is 2.38. The molecule has 84 valence electrons. The van der Waals surface area contributed by atoms with Gasteiger partial charge in [-0.15, -0.1) is 0 Å². The van der Waals surface area contributed by atoms with Crippen LogP contribution in [-0.2, 0) is 11.3 Å². The first-order valence-corrected chi connectivity index (χ1v) is 5.32. The van der Waals surface area contributed by atoms with Gasteiger partial charge in [-0.2, -0.15) is 5.10 Å². The Bertz CT molecular complexity index is 343. The van der Waals surface area contributed by atoms with Gasteiger partial charge in [0.25, 0.3) is 0 Å². The van der Waals surface area contributed by atoms with Gasteiger partial charge < -0.3 is 10.1 Å². The van der Waals surface area contributed by atoms with Crippen LogP contribution in [0.15, 0.2) is 10.7 Å². The number of alkyl carbamates (subject to hydrolysis) is 1. The third kappa shape index (κ3) is 4.33. The number of H-pyrrole nitrogens is 1. The second-order valence-electron chi connectivity index (χ2n) is 4.05. The van der Waals surface area contributed by atoms with Crippen molar-refractivity contribution >= 4 is 22.0 Å². The third-order valence-electron chi connectivity index (χ3n) is 1.47. The van der Waals surface area contributed by atoms with Gasteiger partial charge in [0.15, 0.2) is 0 Å². The van der Waals surface area contributed by atoms with Gasteiger partial charge in [-0.05, 0) is 36.7 Å². The van der Waals surface area contributed by atoms with Gasteiger partial charge in [-0.1, -0.05) is 0 Å². The van der Waals surface area contributed by atoms with E-state index in [4.69, 9.17) is 4.74 Å². The highest BCUT2D eigenvalue weighted by Gasteiger charge is 2.16. The zero-order chi connectivity index (χ0) is 11.5. The summed E-state index contributed by atoms with van der Waals surface area (Å²) in [4.78, 5) is 11.3. The minimum Gasteiger partial charge on any atom is -0.444 e. The molecule has 0 aliphatic heterocycles. The van der Waals surface area contributed by atoms with E-state index in [1.807, 2.05) is 20.8 Å². The van der Waals surface area contributed by atoms with Gasteiger partial charge in [0, 0.05) is 0 Å². The van der Waals surface area contributed by atoms with E-state index in [0.29, 0.717) is 6.54 Å². The molecule has 0 aliphatic carbocycles. The second-order valence-corrected chi connectivity index (χ2v) is 4.91. The molecule has 1 rings (SSSR count). The molecule has 0 fully saturated rings. The summed E-state index contributed by atoms with van der Waals surface area (Å²) >= 11 is 3.29. The molecular weight excluding hydrogens is 262 g/mol. The van der Waals surface area contributed by atoms with E-state index in [1.54, 1.807) is 6.20 Å². The molecule has 5 nitrogen and oxygen atoms in total. The van der Waals surface area contributed by atoms with Crippen molar-refractivity contribution in [1.82, 2.24) is 15.5 Å². The number of carbonyl (C=O) groups excluding carboxylic acids is 1. The summed E-state index contributed by atoms with van der Waals surface area (Å²) in [7, 11) is 0. The van der Waals surface area contributed by atoms with Crippen LogP contribution < -0.4 is 5.32 Å². The molecule has 1 amide bonds. The van der Waals surface area contributed by atoms with Crippen LogP contribution in [-0.4, -0.2) is 21.9 Å². The highest BCUT2D eigenvalue weighted by atomic mass is 79.9. The van der Waals surface area contributed by atoms with Gasteiger partial charge in [0.1, 0.15) is 5.60 Å². The Morgan fingerprint density at radius 2 is 2.33 bits per heavy atom. The Morgan fingerprint density at radius 3 is 2.80 bits per heavy atom. The topological polar surface area (TPSA) is 67.0 Å². The number of halogens is 1. The first-order valence-electron chi connectivity index (χ1n) is 4.53. The van der Waals surface area contributed by atoms with Crippen LogP contribution in [0.1, 0.15) is 26.5 Å². The average Bonchev–Trinajstić information content (AvgIpc) is 2.44.